The van der Waals surface area contributed by atoms with Crippen LogP contribution in [0.3, 0.4) is 0 Å². The SMILES string of the molecule is C[C@@H](C(=O)N1CCC(Cc2ccccc2)CC1)N(c1ccccc1F)S(C)(=O)=O. The van der Waals surface area contributed by atoms with Crippen molar-refractivity contribution in [1.82, 2.24) is 4.90 Å². The van der Waals surface area contributed by atoms with Crippen molar-refractivity contribution in [1.29, 1.82) is 0 Å². The zero-order valence-electron chi connectivity index (χ0n) is 16.8. The van der Waals surface area contributed by atoms with E-state index in [0.717, 1.165) is 29.8 Å². The number of nitrogens with zero attached hydrogens (tertiary/aromatic N) is 2. The van der Waals surface area contributed by atoms with Crippen molar-refractivity contribution in [3.05, 3.63) is 66.0 Å². The Morgan fingerprint density at radius 3 is 2.28 bits per heavy atom. The molecule has 0 saturated carbocycles. The number of likely N-dealkylation sites (tertiary alicyclic amines) is 1. The fraction of sp³-hybridized carbons (Fsp3) is 0.409. The lowest BCUT2D eigenvalue weighted by Gasteiger charge is -2.36. The van der Waals surface area contributed by atoms with Gasteiger partial charge in [-0.05, 0) is 49.8 Å². The first-order valence-electron chi connectivity index (χ1n) is 9.84. The van der Waals surface area contributed by atoms with E-state index in [-0.39, 0.29) is 11.6 Å². The molecule has 0 radical (unpaired) electrons. The lowest BCUT2D eigenvalue weighted by Crippen LogP contribution is -2.51. The molecule has 3 rings (SSSR count). The average molecular weight is 419 g/mol. The number of hydrogen-bond acceptors (Lipinski definition) is 3. The molecule has 1 amide bonds. The van der Waals surface area contributed by atoms with E-state index in [4.69, 9.17) is 0 Å². The third-order valence-corrected chi connectivity index (χ3v) is 6.68. The zero-order valence-corrected chi connectivity index (χ0v) is 17.6. The molecule has 0 unspecified atom stereocenters. The highest BCUT2D eigenvalue weighted by molar-refractivity contribution is 7.92. The Morgan fingerprint density at radius 2 is 1.69 bits per heavy atom. The fourth-order valence-electron chi connectivity index (χ4n) is 3.97. The highest BCUT2D eigenvalue weighted by Crippen LogP contribution is 2.27. The number of rotatable bonds is 6. The van der Waals surface area contributed by atoms with Crippen molar-refractivity contribution in [3.8, 4) is 0 Å². The molecule has 0 N–H and O–H groups in total. The number of anilines is 1. The van der Waals surface area contributed by atoms with Crippen LogP contribution in [-0.4, -0.2) is 44.6 Å². The number of carbonyl (C=O) groups is 1. The number of para-hydroxylation sites is 1. The largest absolute Gasteiger partial charge is 0.341 e. The Morgan fingerprint density at radius 1 is 1.10 bits per heavy atom. The molecule has 0 bridgehead atoms. The summed E-state index contributed by atoms with van der Waals surface area (Å²) < 4.78 is 39.9. The van der Waals surface area contributed by atoms with E-state index < -0.39 is 21.9 Å². The summed E-state index contributed by atoms with van der Waals surface area (Å²) in [4.78, 5) is 14.7. The number of amides is 1. The fourth-order valence-corrected chi connectivity index (χ4v) is 5.14. The Balaban J connectivity index is 1.68. The Bertz CT molecular complexity index is 942. The number of sulfonamides is 1. The molecule has 1 aliphatic rings. The van der Waals surface area contributed by atoms with Gasteiger partial charge in [-0.2, -0.15) is 0 Å². The molecule has 1 aliphatic heterocycles. The number of benzene rings is 2. The summed E-state index contributed by atoms with van der Waals surface area (Å²) >= 11 is 0. The minimum atomic E-state index is -3.83. The molecule has 1 heterocycles. The smallest absolute Gasteiger partial charge is 0.246 e. The number of carbonyl (C=O) groups excluding carboxylic acids is 1. The predicted molar refractivity (Wildman–Crippen MR) is 113 cm³/mol. The quantitative estimate of drug-likeness (QED) is 0.722. The van der Waals surface area contributed by atoms with Gasteiger partial charge in [0.2, 0.25) is 15.9 Å². The number of hydrogen-bond donors (Lipinski definition) is 0. The summed E-state index contributed by atoms with van der Waals surface area (Å²) in [6, 6.07) is 14.9. The minimum absolute atomic E-state index is 0.102. The highest BCUT2D eigenvalue weighted by Gasteiger charge is 2.34. The molecule has 7 heteroatoms. The molecule has 0 spiro atoms. The number of halogens is 1. The van der Waals surface area contributed by atoms with E-state index in [1.165, 1.54) is 30.7 Å². The standard InChI is InChI=1S/C22H27FN2O3S/c1-17(25(29(2,27)28)21-11-7-6-10-20(21)23)22(26)24-14-12-19(13-15-24)16-18-8-4-3-5-9-18/h3-11,17,19H,12-16H2,1-2H3/t17-/m0/s1. The monoisotopic (exact) mass is 418 g/mol. The van der Waals surface area contributed by atoms with E-state index in [1.807, 2.05) is 18.2 Å². The maximum absolute atomic E-state index is 14.3. The van der Waals surface area contributed by atoms with Gasteiger partial charge in [0.1, 0.15) is 11.9 Å². The van der Waals surface area contributed by atoms with Crippen LogP contribution in [0.2, 0.25) is 0 Å². The second kappa shape index (κ2) is 8.95. The maximum atomic E-state index is 14.3. The summed E-state index contributed by atoms with van der Waals surface area (Å²) in [5.74, 6) is -0.467. The van der Waals surface area contributed by atoms with E-state index in [2.05, 4.69) is 12.1 Å². The molecule has 156 valence electrons. The summed E-state index contributed by atoms with van der Waals surface area (Å²) in [6.45, 7) is 2.68. The molecular formula is C22H27FN2O3S. The Hall–Kier alpha value is -2.41. The predicted octanol–water partition coefficient (Wildman–Crippen LogP) is 3.46. The molecule has 2 aromatic rings. The first kappa shape index (κ1) is 21.3. The van der Waals surface area contributed by atoms with Crippen molar-refractivity contribution in [2.75, 3.05) is 23.7 Å². The lowest BCUT2D eigenvalue weighted by molar-refractivity contribution is -0.133. The van der Waals surface area contributed by atoms with Crippen LogP contribution >= 0.6 is 0 Å². The van der Waals surface area contributed by atoms with Crippen LogP contribution in [0, 0.1) is 11.7 Å². The van der Waals surface area contributed by atoms with Crippen LogP contribution in [0.5, 0.6) is 0 Å². The molecule has 1 atom stereocenters. The molecule has 1 saturated heterocycles. The average Bonchev–Trinajstić information content (AvgIpc) is 2.69. The van der Waals surface area contributed by atoms with Crippen LogP contribution in [0.4, 0.5) is 10.1 Å². The van der Waals surface area contributed by atoms with Crippen molar-refractivity contribution in [3.63, 3.8) is 0 Å². The van der Waals surface area contributed by atoms with E-state index in [1.54, 1.807) is 11.0 Å². The first-order chi connectivity index (χ1) is 13.8. The minimum Gasteiger partial charge on any atom is -0.341 e. The van der Waals surface area contributed by atoms with Gasteiger partial charge in [0.05, 0.1) is 11.9 Å². The maximum Gasteiger partial charge on any atom is 0.246 e. The zero-order chi connectivity index (χ0) is 21.0. The number of piperidine rings is 1. The van der Waals surface area contributed by atoms with E-state index >= 15 is 0 Å². The van der Waals surface area contributed by atoms with Gasteiger partial charge in [0.25, 0.3) is 0 Å². The van der Waals surface area contributed by atoms with Crippen LogP contribution in [0.1, 0.15) is 25.3 Å². The van der Waals surface area contributed by atoms with Gasteiger partial charge in [-0.25, -0.2) is 12.8 Å². The van der Waals surface area contributed by atoms with Gasteiger partial charge in [-0.15, -0.1) is 0 Å². The van der Waals surface area contributed by atoms with Gasteiger partial charge in [-0.3, -0.25) is 9.10 Å². The summed E-state index contributed by atoms with van der Waals surface area (Å²) in [7, 11) is -3.83. The van der Waals surface area contributed by atoms with Crippen molar-refractivity contribution in [2.24, 2.45) is 5.92 Å². The normalized spacial score (nSPS) is 16.4. The van der Waals surface area contributed by atoms with Crippen molar-refractivity contribution >= 4 is 21.6 Å². The van der Waals surface area contributed by atoms with Crippen LogP contribution < -0.4 is 4.31 Å². The summed E-state index contributed by atoms with van der Waals surface area (Å²) in [5, 5.41) is 0. The van der Waals surface area contributed by atoms with Gasteiger partial charge >= 0.3 is 0 Å². The first-order valence-corrected chi connectivity index (χ1v) is 11.7. The Labute approximate surface area is 172 Å². The molecule has 0 aromatic heterocycles. The summed E-state index contributed by atoms with van der Waals surface area (Å²) in [6.07, 6.45) is 3.70. The van der Waals surface area contributed by atoms with Gasteiger partial charge in [0, 0.05) is 13.1 Å². The lowest BCUT2D eigenvalue weighted by atomic mass is 9.90. The molecule has 2 aromatic carbocycles. The van der Waals surface area contributed by atoms with E-state index in [9.17, 15) is 17.6 Å². The third kappa shape index (κ3) is 5.15. The molecule has 0 aliphatic carbocycles. The topological polar surface area (TPSA) is 57.7 Å². The Kier molecular flexibility index (Phi) is 6.57. The third-order valence-electron chi connectivity index (χ3n) is 5.45. The molecule has 29 heavy (non-hydrogen) atoms. The molecule has 5 nitrogen and oxygen atoms in total. The van der Waals surface area contributed by atoms with Crippen LogP contribution in [0.25, 0.3) is 0 Å². The van der Waals surface area contributed by atoms with E-state index in [0.29, 0.717) is 19.0 Å². The van der Waals surface area contributed by atoms with Crippen molar-refractivity contribution < 1.29 is 17.6 Å². The molecule has 1 fully saturated rings. The van der Waals surface area contributed by atoms with Crippen LogP contribution in [0.15, 0.2) is 54.6 Å². The molecular weight excluding hydrogens is 391 g/mol. The van der Waals surface area contributed by atoms with Gasteiger partial charge in [0.15, 0.2) is 0 Å². The summed E-state index contributed by atoms with van der Waals surface area (Å²) in [5.41, 5.74) is 1.18. The van der Waals surface area contributed by atoms with Gasteiger partial charge in [-0.1, -0.05) is 42.5 Å². The second-order valence-electron chi connectivity index (χ2n) is 7.64. The van der Waals surface area contributed by atoms with Crippen molar-refractivity contribution in [2.45, 2.75) is 32.2 Å². The highest BCUT2D eigenvalue weighted by atomic mass is 32.2. The van der Waals surface area contributed by atoms with Crippen LogP contribution in [-0.2, 0) is 21.2 Å². The second-order valence-corrected chi connectivity index (χ2v) is 9.50. The van der Waals surface area contributed by atoms with Gasteiger partial charge < -0.3 is 4.90 Å².